The Bertz CT molecular complexity index is 934. The summed E-state index contributed by atoms with van der Waals surface area (Å²) in [4.78, 5) is 28.0. The van der Waals surface area contributed by atoms with Gasteiger partial charge in [-0.1, -0.05) is 24.3 Å². The first-order chi connectivity index (χ1) is 11.9. The third-order valence-electron chi connectivity index (χ3n) is 3.48. The predicted molar refractivity (Wildman–Crippen MR) is 97.1 cm³/mol. The minimum absolute atomic E-state index is 0.0612. The number of phenolic OH excluding ortho intramolecular Hbond substituents is 1. The number of aromatic carboxylic acids is 1. The van der Waals surface area contributed by atoms with Crippen LogP contribution in [0, 0.1) is 6.92 Å². The Kier molecular flexibility index (Phi) is 4.58. The second-order valence-electron chi connectivity index (χ2n) is 5.37. The molecule has 0 aromatic heterocycles. The maximum Gasteiger partial charge on any atom is 0.337 e. The van der Waals surface area contributed by atoms with Crippen LogP contribution in [0.15, 0.2) is 52.4 Å². The lowest BCUT2D eigenvalue weighted by Gasteiger charge is -2.03. The Morgan fingerprint density at radius 2 is 2.00 bits per heavy atom. The van der Waals surface area contributed by atoms with Gasteiger partial charge in [0.15, 0.2) is 5.17 Å². The molecule has 3 rings (SSSR count). The Labute approximate surface area is 147 Å². The van der Waals surface area contributed by atoms with Crippen molar-refractivity contribution in [2.75, 3.05) is 0 Å². The Morgan fingerprint density at radius 3 is 2.72 bits per heavy atom. The number of aliphatic imine (C=N–C) groups is 1. The van der Waals surface area contributed by atoms with Gasteiger partial charge in [0.05, 0.1) is 16.2 Å². The third kappa shape index (κ3) is 3.72. The van der Waals surface area contributed by atoms with Crippen molar-refractivity contribution in [2.45, 2.75) is 6.92 Å². The van der Waals surface area contributed by atoms with Crippen molar-refractivity contribution in [3.05, 3.63) is 64.1 Å². The van der Waals surface area contributed by atoms with E-state index in [1.807, 2.05) is 6.92 Å². The van der Waals surface area contributed by atoms with Gasteiger partial charge >= 0.3 is 5.97 Å². The van der Waals surface area contributed by atoms with Crippen LogP contribution < -0.4 is 5.32 Å². The number of thioether (sulfide) groups is 1. The van der Waals surface area contributed by atoms with Crippen LogP contribution in [0.2, 0.25) is 0 Å². The van der Waals surface area contributed by atoms with Crippen molar-refractivity contribution >= 4 is 40.6 Å². The van der Waals surface area contributed by atoms with Crippen LogP contribution in [0.1, 0.15) is 21.5 Å². The zero-order chi connectivity index (χ0) is 18.0. The number of hydrogen-bond donors (Lipinski definition) is 3. The molecule has 1 aliphatic rings. The number of rotatable bonds is 3. The van der Waals surface area contributed by atoms with Gasteiger partial charge in [-0.05, 0) is 48.5 Å². The molecule has 6 nitrogen and oxygen atoms in total. The standard InChI is InChI=1S/C18H14N2O4S/c1-10-6-7-12(17(23)24)13(8-10)19-18-20-16(22)15(25-18)9-11-4-2-3-5-14(11)21/h2-9,21H,1H3,(H,23,24)(H,19,20,22)/b15-9-. The van der Waals surface area contributed by atoms with Gasteiger partial charge in [0.2, 0.25) is 0 Å². The number of carbonyl (C=O) groups excluding carboxylic acids is 1. The molecule has 7 heteroatoms. The number of benzene rings is 2. The molecule has 1 amide bonds. The van der Waals surface area contributed by atoms with Gasteiger partial charge in [-0.3, -0.25) is 4.79 Å². The molecule has 1 fully saturated rings. The van der Waals surface area contributed by atoms with Crippen LogP contribution in [0.3, 0.4) is 0 Å². The van der Waals surface area contributed by atoms with E-state index >= 15 is 0 Å². The third-order valence-corrected chi connectivity index (χ3v) is 4.39. The zero-order valence-electron chi connectivity index (χ0n) is 13.2. The van der Waals surface area contributed by atoms with Gasteiger partial charge in [0.1, 0.15) is 5.75 Å². The molecular formula is C18H14N2O4S. The molecule has 0 bridgehead atoms. The minimum atomic E-state index is -1.08. The van der Waals surface area contributed by atoms with E-state index in [-0.39, 0.29) is 22.9 Å². The molecule has 2 aromatic carbocycles. The molecule has 0 saturated carbocycles. The average molecular weight is 354 g/mol. The molecule has 0 atom stereocenters. The molecule has 0 unspecified atom stereocenters. The van der Waals surface area contributed by atoms with Crippen molar-refractivity contribution in [1.82, 2.24) is 5.32 Å². The number of carboxylic acid groups (broad SMARTS) is 1. The number of carbonyl (C=O) groups is 2. The first-order valence-electron chi connectivity index (χ1n) is 7.35. The molecule has 0 aliphatic carbocycles. The van der Waals surface area contributed by atoms with Crippen LogP contribution in [-0.2, 0) is 4.79 Å². The zero-order valence-corrected chi connectivity index (χ0v) is 14.0. The normalized spacial score (nSPS) is 17.1. The number of nitrogens with zero attached hydrogens (tertiary/aromatic N) is 1. The summed E-state index contributed by atoms with van der Waals surface area (Å²) < 4.78 is 0. The van der Waals surface area contributed by atoms with Crippen LogP contribution in [0.25, 0.3) is 6.08 Å². The summed E-state index contributed by atoms with van der Waals surface area (Å²) in [5.41, 5.74) is 1.72. The number of aryl methyl sites for hydroxylation is 1. The number of carboxylic acids is 1. The monoisotopic (exact) mass is 354 g/mol. The second kappa shape index (κ2) is 6.82. The average Bonchev–Trinajstić information content (AvgIpc) is 2.89. The van der Waals surface area contributed by atoms with E-state index in [1.165, 1.54) is 12.1 Å². The summed E-state index contributed by atoms with van der Waals surface area (Å²) in [7, 11) is 0. The minimum Gasteiger partial charge on any atom is -0.507 e. The number of para-hydroxylation sites is 1. The summed E-state index contributed by atoms with van der Waals surface area (Å²) in [5.74, 6) is -1.36. The summed E-state index contributed by atoms with van der Waals surface area (Å²) in [6.07, 6.45) is 1.56. The summed E-state index contributed by atoms with van der Waals surface area (Å²) in [5, 5.41) is 22.0. The SMILES string of the molecule is Cc1ccc(C(=O)O)c(N=C2NC(=O)/C(=C/c3ccccc3O)S2)c1. The number of hydrogen-bond acceptors (Lipinski definition) is 5. The van der Waals surface area contributed by atoms with E-state index < -0.39 is 5.97 Å². The quantitative estimate of drug-likeness (QED) is 0.735. The van der Waals surface area contributed by atoms with Gasteiger partial charge in [0, 0.05) is 5.56 Å². The molecule has 126 valence electrons. The van der Waals surface area contributed by atoms with Crippen LogP contribution in [0.4, 0.5) is 5.69 Å². The molecule has 25 heavy (non-hydrogen) atoms. The van der Waals surface area contributed by atoms with Gasteiger partial charge < -0.3 is 15.5 Å². The fourth-order valence-electron chi connectivity index (χ4n) is 2.26. The highest BCUT2D eigenvalue weighted by atomic mass is 32.2. The van der Waals surface area contributed by atoms with Gasteiger partial charge in [0.25, 0.3) is 5.91 Å². The van der Waals surface area contributed by atoms with Crippen molar-refractivity contribution < 1.29 is 19.8 Å². The highest BCUT2D eigenvalue weighted by Crippen LogP contribution is 2.31. The van der Waals surface area contributed by atoms with Crippen LogP contribution in [-0.4, -0.2) is 27.3 Å². The molecule has 1 aliphatic heterocycles. The summed E-state index contributed by atoms with van der Waals surface area (Å²) >= 11 is 1.09. The van der Waals surface area contributed by atoms with Crippen molar-refractivity contribution in [3.8, 4) is 5.75 Å². The van der Waals surface area contributed by atoms with E-state index in [9.17, 15) is 19.8 Å². The van der Waals surface area contributed by atoms with E-state index in [0.717, 1.165) is 17.3 Å². The smallest absolute Gasteiger partial charge is 0.337 e. The van der Waals surface area contributed by atoms with E-state index in [4.69, 9.17) is 0 Å². The molecule has 1 saturated heterocycles. The summed E-state index contributed by atoms with van der Waals surface area (Å²) in [6, 6.07) is 11.5. The fraction of sp³-hybridized carbons (Fsp3) is 0.0556. The van der Waals surface area contributed by atoms with Crippen LogP contribution >= 0.6 is 11.8 Å². The largest absolute Gasteiger partial charge is 0.507 e. The maximum absolute atomic E-state index is 12.1. The van der Waals surface area contributed by atoms with E-state index in [2.05, 4.69) is 10.3 Å². The Morgan fingerprint density at radius 1 is 1.24 bits per heavy atom. The number of phenols is 1. The van der Waals surface area contributed by atoms with Crippen molar-refractivity contribution in [3.63, 3.8) is 0 Å². The highest BCUT2D eigenvalue weighted by molar-refractivity contribution is 8.18. The number of amides is 1. The lowest BCUT2D eigenvalue weighted by Crippen LogP contribution is -2.19. The highest BCUT2D eigenvalue weighted by Gasteiger charge is 2.24. The second-order valence-corrected chi connectivity index (χ2v) is 6.40. The molecule has 0 spiro atoms. The number of nitrogens with one attached hydrogen (secondary N) is 1. The van der Waals surface area contributed by atoms with Gasteiger partial charge in [-0.25, -0.2) is 9.79 Å². The maximum atomic E-state index is 12.1. The molecule has 0 radical (unpaired) electrons. The Hall–Kier alpha value is -3.06. The number of aromatic hydroxyl groups is 1. The molecular weight excluding hydrogens is 340 g/mol. The van der Waals surface area contributed by atoms with E-state index in [1.54, 1.807) is 36.4 Å². The summed E-state index contributed by atoms with van der Waals surface area (Å²) in [6.45, 7) is 1.83. The first kappa shape index (κ1) is 16.8. The van der Waals surface area contributed by atoms with Gasteiger partial charge in [-0.2, -0.15) is 0 Å². The van der Waals surface area contributed by atoms with Crippen LogP contribution in [0.5, 0.6) is 5.75 Å². The lowest BCUT2D eigenvalue weighted by atomic mass is 10.1. The molecule has 3 N–H and O–H groups in total. The van der Waals surface area contributed by atoms with E-state index in [0.29, 0.717) is 15.6 Å². The van der Waals surface area contributed by atoms with Crippen molar-refractivity contribution in [1.29, 1.82) is 0 Å². The fourth-order valence-corrected chi connectivity index (χ4v) is 3.08. The molecule has 2 aromatic rings. The lowest BCUT2D eigenvalue weighted by molar-refractivity contribution is -0.115. The predicted octanol–water partition coefficient (Wildman–Crippen LogP) is 3.29. The van der Waals surface area contributed by atoms with Gasteiger partial charge in [-0.15, -0.1) is 0 Å². The topological polar surface area (TPSA) is 99.0 Å². The Balaban J connectivity index is 1.93. The van der Waals surface area contributed by atoms with Crippen molar-refractivity contribution in [2.24, 2.45) is 4.99 Å². The first-order valence-corrected chi connectivity index (χ1v) is 8.17. The number of amidine groups is 1. The molecule has 1 heterocycles.